The first-order valence-corrected chi connectivity index (χ1v) is 17.3. The molecule has 3 heterocycles. The number of carbonyl (C=O) groups excluding carboxylic acids is 3. The molecule has 2 aliphatic carbocycles. The molecule has 0 unspecified atom stereocenters. The molecular formula is C35H41N5O16. The van der Waals surface area contributed by atoms with Crippen LogP contribution in [0.1, 0.15) is 75.1 Å². The van der Waals surface area contributed by atoms with Crippen LogP contribution in [-0.2, 0) is 25.4 Å². The average molecular weight is 788 g/mol. The summed E-state index contributed by atoms with van der Waals surface area (Å²) in [6.45, 7) is 0.0867. The van der Waals surface area contributed by atoms with Crippen LogP contribution in [0.25, 0.3) is 0 Å². The van der Waals surface area contributed by atoms with Crippen LogP contribution in [0.4, 0.5) is 5.95 Å². The predicted octanol–water partition coefficient (Wildman–Crippen LogP) is -3.17. The number of anilines is 1. The van der Waals surface area contributed by atoms with Crippen LogP contribution >= 0.6 is 0 Å². The van der Waals surface area contributed by atoms with E-state index < -0.39 is 133 Å². The minimum Gasteiger partial charge on any atom is -0.507 e. The number of hydrogen-bond donors (Lipinski definition) is 10. The molecule has 1 aromatic heterocycles. The third-order valence-electron chi connectivity index (χ3n) is 10.3. The molecule has 302 valence electrons. The number of ketones is 3. The number of Topliss-reactive ketones (excluding diaryl/α,β-unsaturated/α-hetero) is 1. The van der Waals surface area contributed by atoms with Gasteiger partial charge in [0.15, 0.2) is 24.1 Å². The van der Waals surface area contributed by atoms with E-state index in [0.29, 0.717) is 0 Å². The summed E-state index contributed by atoms with van der Waals surface area (Å²) in [6, 6.07) is 3.64. The number of methoxy groups -OCH3 is 1. The maximum atomic E-state index is 13.6. The Labute approximate surface area is 316 Å². The van der Waals surface area contributed by atoms with Gasteiger partial charge in [-0.15, -0.1) is 0 Å². The minimum absolute atomic E-state index is 0.0173. The van der Waals surface area contributed by atoms with Gasteiger partial charge in [-0.2, -0.15) is 4.98 Å². The predicted molar refractivity (Wildman–Crippen MR) is 185 cm³/mol. The Bertz CT molecular complexity index is 2100. The Balaban J connectivity index is 0.000000261. The molecule has 0 bridgehead atoms. The number of fused-ring (bicyclic) bond motifs is 3. The highest BCUT2D eigenvalue weighted by molar-refractivity contribution is 6.31. The Morgan fingerprint density at radius 3 is 2.32 bits per heavy atom. The van der Waals surface area contributed by atoms with Crippen LogP contribution in [0, 0.1) is 0 Å². The number of benzene rings is 2. The standard InChI is InChI=1S/C27H29NO11.C8H12N4O5/c1-10-22(31)13(28)6-17(38-10)39-15-8-27(36,16(30)9-29)7-12-19(15)26(35)21-20(24(12)33)23(32)11-4-3-5-14(37-2)18(11)25(21)34;9-7-10-2-12(8(16)11-7)6-5(15)4(14)3(1-13)17-6/h3-5,10,13,15,17,22,29,31,33,35-36H,6-9,28H2,1-2H3;2-6,13-15H,1H2,(H2,9,11,16)/t10-,13-,15-,17-,22+,27-;3-,4-,5-,6-/m01/s1. The van der Waals surface area contributed by atoms with Crippen molar-refractivity contribution in [2.24, 2.45) is 5.73 Å². The molecule has 12 N–H and O–H groups in total. The highest BCUT2D eigenvalue weighted by Crippen LogP contribution is 2.52. The lowest BCUT2D eigenvalue weighted by Crippen LogP contribution is -2.53. The van der Waals surface area contributed by atoms with Crippen molar-refractivity contribution < 1.29 is 74.2 Å². The molecule has 21 nitrogen and oxygen atoms in total. The maximum absolute atomic E-state index is 13.6. The van der Waals surface area contributed by atoms with Gasteiger partial charge in [0.1, 0.15) is 54.1 Å². The molecule has 2 fully saturated rings. The lowest BCUT2D eigenvalue weighted by Gasteiger charge is -2.42. The number of aliphatic hydroxyl groups is 6. The number of nitrogen functional groups attached to an aromatic ring is 1. The fourth-order valence-corrected chi connectivity index (χ4v) is 7.39. The number of phenolic OH excluding ortho intramolecular Hbond substituents is 2. The van der Waals surface area contributed by atoms with Crippen LogP contribution < -0.4 is 21.9 Å². The van der Waals surface area contributed by atoms with Gasteiger partial charge in [0, 0.05) is 42.0 Å². The molecule has 0 radical (unpaired) electrons. The fourth-order valence-electron chi connectivity index (χ4n) is 7.39. The van der Waals surface area contributed by atoms with Gasteiger partial charge in [0.2, 0.25) is 11.7 Å². The van der Waals surface area contributed by atoms with Crippen LogP contribution in [-0.4, -0.2) is 142 Å². The average Bonchev–Trinajstić information content (AvgIpc) is 3.45. The number of nitrogens with two attached hydrogens (primary N) is 2. The SMILES string of the molecule is COc1cccc2c1C(=O)c1c(O)c3c(c(O)c1C2=O)C[C@@](O)(C(=O)CO)C[C@@H]3O[C@H]1C[C@H](N)[C@H](O)[C@H](C)O1.Nc1ncn([C@@H]2O[C@H](CO)[C@@H](O)[C@H]2O)c(=O)n1. The van der Waals surface area contributed by atoms with Crippen LogP contribution in [0.5, 0.6) is 17.2 Å². The molecule has 2 aliphatic heterocycles. The van der Waals surface area contributed by atoms with E-state index in [1.165, 1.54) is 25.3 Å². The first kappa shape index (κ1) is 40.7. The molecule has 0 amide bonds. The summed E-state index contributed by atoms with van der Waals surface area (Å²) < 4.78 is 23.0. The summed E-state index contributed by atoms with van der Waals surface area (Å²) >= 11 is 0. The molecule has 0 saturated carbocycles. The van der Waals surface area contributed by atoms with Crippen LogP contribution in [0.3, 0.4) is 0 Å². The van der Waals surface area contributed by atoms with E-state index in [1.807, 2.05) is 0 Å². The molecule has 2 aromatic carbocycles. The summed E-state index contributed by atoms with van der Waals surface area (Å²) in [5.41, 5.74) is 6.83. The number of nitrogens with zero attached hydrogens (tertiary/aromatic N) is 3. The summed E-state index contributed by atoms with van der Waals surface area (Å²) in [7, 11) is 1.32. The van der Waals surface area contributed by atoms with Gasteiger partial charge in [-0.1, -0.05) is 12.1 Å². The fraction of sp³-hybridized carbons (Fsp3) is 0.486. The van der Waals surface area contributed by atoms with Gasteiger partial charge in [-0.3, -0.25) is 19.0 Å². The van der Waals surface area contributed by atoms with E-state index in [9.17, 15) is 54.9 Å². The van der Waals surface area contributed by atoms with E-state index in [-0.39, 0.29) is 40.4 Å². The zero-order chi connectivity index (χ0) is 41.0. The topological polar surface area (TPSA) is 350 Å². The first-order valence-electron chi connectivity index (χ1n) is 17.3. The molecule has 7 rings (SSSR count). The van der Waals surface area contributed by atoms with Crippen molar-refractivity contribution in [2.75, 3.05) is 26.1 Å². The molecular weight excluding hydrogens is 746 g/mol. The lowest BCUT2D eigenvalue weighted by atomic mass is 9.72. The van der Waals surface area contributed by atoms with Gasteiger partial charge in [0.05, 0.1) is 48.7 Å². The zero-order valence-electron chi connectivity index (χ0n) is 29.9. The van der Waals surface area contributed by atoms with Crippen molar-refractivity contribution in [3.63, 3.8) is 0 Å². The summed E-state index contributed by atoms with van der Waals surface area (Å²) in [6.07, 6.45) is -8.80. The normalized spacial score (nSPS) is 30.8. The quantitative estimate of drug-likeness (QED) is 0.0826. The number of hydrogen-bond acceptors (Lipinski definition) is 20. The highest BCUT2D eigenvalue weighted by Gasteiger charge is 2.50. The number of rotatable bonds is 7. The second-order valence-corrected chi connectivity index (χ2v) is 13.8. The molecule has 3 aromatic rings. The number of carbonyl (C=O) groups is 3. The van der Waals surface area contributed by atoms with Gasteiger partial charge >= 0.3 is 5.69 Å². The lowest BCUT2D eigenvalue weighted by molar-refractivity contribution is -0.247. The van der Waals surface area contributed by atoms with E-state index in [0.717, 1.165) is 10.9 Å². The van der Waals surface area contributed by atoms with E-state index in [4.69, 9.17) is 35.5 Å². The number of aromatic nitrogens is 3. The molecule has 21 heteroatoms. The van der Waals surface area contributed by atoms with Crippen molar-refractivity contribution in [1.82, 2.24) is 14.5 Å². The second-order valence-electron chi connectivity index (χ2n) is 13.8. The van der Waals surface area contributed by atoms with Crippen LogP contribution in [0.2, 0.25) is 0 Å². The van der Waals surface area contributed by atoms with Crippen molar-refractivity contribution in [1.29, 1.82) is 0 Å². The molecule has 2 saturated heterocycles. The summed E-state index contributed by atoms with van der Waals surface area (Å²) in [5.74, 6) is -3.97. The Hall–Kier alpha value is -4.94. The first-order chi connectivity index (χ1) is 26.5. The van der Waals surface area contributed by atoms with Crippen molar-refractivity contribution in [2.45, 2.75) is 87.0 Å². The monoisotopic (exact) mass is 787 g/mol. The number of aromatic hydroxyl groups is 2. The third kappa shape index (κ3) is 6.91. The summed E-state index contributed by atoms with van der Waals surface area (Å²) in [4.78, 5) is 58.2. The highest BCUT2D eigenvalue weighted by atomic mass is 16.7. The smallest absolute Gasteiger partial charge is 0.354 e. The molecule has 0 spiro atoms. The van der Waals surface area contributed by atoms with E-state index >= 15 is 0 Å². The third-order valence-corrected chi connectivity index (χ3v) is 10.3. The van der Waals surface area contributed by atoms with Crippen LogP contribution in [0.15, 0.2) is 29.3 Å². The molecule has 4 aliphatic rings. The van der Waals surface area contributed by atoms with Gasteiger partial charge < -0.3 is 71.3 Å². The van der Waals surface area contributed by atoms with Gasteiger partial charge in [0.25, 0.3) is 0 Å². The van der Waals surface area contributed by atoms with Crippen molar-refractivity contribution in [3.05, 3.63) is 68.4 Å². The van der Waals surface area contributed by atoms with Crippen molar-refractivity contribution in [3.8, 4) is 17.2 Å². The van der Waals surface area contributed by atoms with E-state index in [1.54, 1.807) is 6.92 Å². The molecule has 56 heavy (non-hydrogen) atoms. The Morgan fingerprint density at radius 2 is 1.71 bits per heavy atom. The second kappa shape index (κ2) is 15.5. The number of phenols is 2. The number of ether oxygens (including phenoxy) is 4. The molecule has 10 atom stereocenters. The zero-order valence-corrected chi connectivity index (χ0v) is 29.9. The number of aliphatic hydroxyl groups excluding tert-OH is 5. The van der Waals surface area contributed by atoms with E-state index in [2.05, 4.69) is 9.97 Å². The maximum Gasteiger partial charge on any atom is 0.354 e. The summed E-state index contributed by atoms with van der Waals surface area (Å²) in [5, 5.41) is 81.8. The van der Waals surface area contributed by atoms with Crippen molar-refractivity contribution >= 4 is 23.3 Å². The minimum atomic E-state index is -2.24. The Morgan fingerprint density at radius 1 is 1.02 bits per heavy atom. The van der Waals surface area contributed by atoms with Gasteiger partial charge in [-0.05, 0) is 13.0 Å². The van der Waals surface area contributed by atoms with Gasteiger partial charge in [-0.25, -0.2) is 9.78 Å². The largest absolute Gasteiger partial charge is 0.507 e. The Kier molecular flexibility index (Phi) is 11.3.